The van der Waals surface area contributed by atoms with Crippen LogP contribution in [0.1, 0.15) is 27.7 Å². The molecule has 9 nitrogen and oxygen atoms in total. The Morgan fingerprint density at radius 3 is 1.47 bits per heavy atom. The fraction of sp³-hybridized carbons (Fsp3) is 0.833. The van der Waals surface area contributed by atoms with Crippen LogP contribution >= 0.6 is 0 Å². The fourth-order valence-corrected chi connectivity index (χ4v) is 12.2. The lowest BCUT2D eigenvalue weighted by Gasteiger charge is -2.43. The molecule has 5 atom stereocenters. The molecule has 1 rings (SSSR count). The summed E-state index contributed by atoms with van der Waals surface area (Å²) in [5.74, 6) is -0.526. The predicted molar refractivity (Wildman–Crippen MR) is 145 cm³/mol. The van der Waals surface area contributed by atoms with E-state index in [9.17, 15) is 19.2 Å². The van der Waals surface area contributed by atoms with Gasteiger partial charge in [-0.2, -0.15) is 0 Å². The van der Waals surface area contributed by atoms with Crippen LogP contribution in [0.4, 0.5) is 0 Å². The van der Waals surface area contributed by atoms with Crippen LogP contribution in [0.5, 0.6) is 0 Å². The van der Waals surface area contributed by atoms with Crippen molar-refractivity contribution >= 4 is 50.9 Å². The van der Waals surface area contributed by atoms with E-state index in [1.54, 1.807) is 0 Å². The van der Waals surface area contributed by atoms with Gasteiger partial charge in [0.05, 0.1) is 0 Å². The highest BCUT2D eigenvalue weighted by atomic mass is 32.2. The molecule has 0 unspecified atom stereocenters. The Kier molecular flexibility index (Phi) is 12.7. The first-order chi connectivity index (χ1) is 16.4. The molecule has 0 aromatic rings. The first kappa shape index (κ1) is 32.7. The number of carbonyl (C=O) groups is 4. The van der Waals surface area contributed by atoms with Crippen molar-refractivity contribution in [1.29, 1.82) is 0 Å². The molecule has 0 aromatic heterocycles. The van der Waals surface area contributed by atoms with Crippen molar-refractivity contribution in [2.75, 3.05) is 18.1 Å². The molecule has 0 amide bonds. The van der Waals surface area contributed by atoms with E-state index in [-0.39, 0.29) is 17.5 Å². The van der Waals surface area contributed by atoms with Gasteiger partial charge in [0.25, 0.3) is 5.44 Å². The molecular weight excluding hydrogens is 520 g/mol. The van der Waals surface area contributed by atoms with Crippen LogP contribution < -0.4 is 0 Å². The molecule has 1 fully saturated rings. The quantitative estimate of drug-likeness (QED) is 0.152. The van der Waals surface area contributed by atoms with Gasteiger partial charge in [-0.3, -0.25) is 19.2 Å². The maximum Gasteiger partial charge on any atom is 0.303 e. The number of hydrogen-bond donors (Lipinski definition) is 0. The van der Waals surface area contributed by atoms with Crippen LogP contribution in [0.2, 0.25) is 51.4 Å². The van der Waals surface area contributed by atoms with Crippen molar-refractivity contribution in [3.63, 3.8) is 0 Å². The summed E-state index contributed by atoms with van der Waals surface area (Å²) in [5, 5.41) is 0. The molecule has 1 aliphatic rings. The SMILES string of the molecule is CC(=O)OC[C@H]1O[C@@H]([S+](CC[Si](C)(C)C)CC[Si](C)(C)C)[C@H](OC(C)=O)[C@@H](OC(C)=O)[C@@H]1OC(C)=O. The third kappa shape index (κ3) is 12.2. The molecule has 0 N–H and O–H groups in total. The van der Waals surface area contributed by atoms with Crippen molar-refractivity contribution in [1.82, 2.24) is 0 Å². The molecule has 0 saturated carbocycles. The fourth-order valence-electron chi connectivity index (χ4n) is 3.67. The molecule has 0 bridgehead atoms. The summed E-state index contributed by atoms with van der Waals surface area (Å²) in [6.45, 7) is 18.7. The summed E-state index contributed by atoms with van der Waals surface area (Å²) in [6.07, 6.45) is -4.04. The van der Waals surface area contributed by atoms with Gasteiger partial charge in [0.1, 0.15) is 24.2 Å². The van der Waals surface area contributed by atoms with Gasteiger partial charge in [-0.15, -0.1) is 0 Å². The molecule has 36 heavy (non-hydrogen) atoms. The van der Waals surface area contributed by atoms with E-state index in [0.717, 1.165) is 23.6 Å². The Balaban J connectivity index is 3.55. The van der Waals surface area contributed by atoms with Crippen LogP contribution in [0.25, 0.3) is 0 Å². The largest absolute Gasteiger partial charge is 0.463 e. The molecule has 12 heteroatoms. The lowest BCUT2D eigenvalue weighted by molar-refractivity contribution is -0.238. The Morgan fingerprint density at radius 2 is 1.08 bits per heavy atom. The summed E-state index contributed by atoms with van der Waals surface area (Å²) in [5.41, 5.74) is -0.599. The maximum absolute atomic E-state index is 12.2. The predicted octanol–water partition coefficient (Wildman–Crippen LogP) is 3.36. The molecule has 1 aliphatic heterocycles. The Bertz CT molecular complexity index is 761. The zero-order valence-corrected chi connectivity index (χ0v) is 26.3. The van der Waals surface area contributed by atoms with Gasteiger partial charge in [-0.05, 0) is 12.1 Å². The minimum Gasteiger partial charge on any atom is -0.463 e. The summed E-state index contributed by atoms with van der Waals surface area (Å²) < 4.78 is 28.6. The van der Waals surface area contributed by atoms with Crippen LogP contribution in [0, 0.1) is 0 Å². The van der Waals surface area contributed by atoms with Crippen molar-refractivity contribution in [3.05, 3.63) is 0 Å². The Morgan fingerprint density at radius 1 is 0.667 bits per heavy atom. The van der Waals surface area contributed by atoms with Gasteiger partial charge in [-0.25, -0.2) is 0 Å². The number of rotatable bonds is 12. The van der Waals surface area contributed by atoms with Gasteiger partial charge in [0, 0.05) is 54.7 Å². The lowest BCUT2D eigenvalue weighted by Crippen LogP contribution is -2.64. The first-order valence-electron chi connectivity index (χ1n) is 12.4. The second-order valence-electron chi connectivity index (χ2n) is 11.6. The summed E-state index contributed by atoms with van der Waals surface area (Å²) >= 11 is 0. The number of esters is 4. The van der Waals surface area contributed by atoms with Crippen molar-refractivity contribution < 1.29 is 42.9 Å². The molecular formula is C24H45O9SSi2+. The van der Waals surface area contributed by atoms with Crippen molar-refractivity contribution in [2.45, 2.75) is 109 Å². The minimum atomic E-state index is -1.41. The zero-order chi connectivity index (χ0) is 27.8. The summed E-state index contributed by atoms with van der Waals surface area (Å²) in [4.78, 5) is 47.9. The molecule has 0 radical (unpaired) electrons. The van der Waals surface area contributed by atoms with Gasteiger partial charge in [0.15, 0.2) is 12.2 Å². The molecule has 0 aliphatic carbocycles. The molecule has 1 saturated heterocycles. The monoisotopic (exact) mass is 565 g/mol. The topological polar surface area (TPSA) is 114 Å². The summed E-state index contributed by atoms with van der Waals surface area (Å²) in [7, 11) is -3.17. The highest BCUT2D eigenvalue weighted by molar-refractivity contribution is 7.97. The molecule has 0 aromatic carbocycles. The Hall–Kier alpha value is -1.38. The minimum absolute atomic E-state index is 0.187. The molecule has 0 spiro atoms. The molecule has 1 heterocycles. The van der Waals surface area contributed by atoms with Crippen LogP contribution in [-0.2, 0) is 53.8 Å². The van der Waals surface area contributed by atoms with Gasteiger partial charge < -0.3 is 23.7 Å². The van der Waals surface area contributed by atoms with Crippen LogP contribution in [-0.4, -0.2) is 88.0 Å². The van der Waals surface area contributed by atoms with E-state index < -0.39 is 69.9 Å². The second kappa shape index (κ2) is 14.0. The van der Waals surface area contributed by atoms with E-state index in [0.29, 0.717) is 0 Å². The van der Waals surface area contributed by atoms with Gasteiger partial charge in [0.2, 0.25) is 6.10 Å². The number of ether oxygens (including phenoxy) is 5. The van der Waals surface area contributed by atoms with E-state index in [1.165, 1.54) is 27.7 Å². The van der Waals surface area contributed by atoms with E-state index in [4.69, 9.17) is 23.7 Å². The smallest absolute Gasteiger partial charge is 0.303 e. The normalized spacial score (nSPS) is 24.7. The maximum atomic E-state index is 12.2. The Labute approximate surface area is 220 Å². The van der Waals surface area contributed by atoms with E-state index in [1.807, 2.05) is 0 Å². The van der Waals surface area contributed by atoms with Crippen molar-refractivity contribution in [3.8, 4) is 0 Å². The van der Waals surface area contributed by atoms with E-state index >= 15 is 0 Å². The number of hydrogen-bond acceptors (Lipinski definition) is 9. The average Bonchev–Trinajstić information content (AvgIpc) is 2.67. The third-order valence-corrected chi connectivity index (χ3v) is 12.2. The highest BCUT2D eigenvalue weighted by Crippen LogP contribution is 2.34. The second-order valence-corrected chi connectivity index (χ2v) is 25.2. The average molecular weight is 566 g/mol. The third-order valence-electron chi connectivity index (χ3n) is 5.51. The van der Waals surface area contributed by atoms with Crippen LogP contribution in [0.3, 0.4) is 0 Å². The van der Waals surface area contributed by atoms with E-state index in [2.05, 4.69) is 39.3 Å². The lowest BCUT2D eigenvalue weighted by atomic mass is 9.99. The standard InChI is InChI=1S/C24H45O9SSi2/c1-16(25)29-15-20-21(30-17(2)26)22(31-18(3)27)23(32-19(4)28)24(33-20)34(11-13-35(5,6)7)12-14-36(8,9)10/h20-24H,11-15H2,1-10H3/q+1/t20-,21-,22+,23-,24+/m1/s1. The van der Waals surface area contributed by atoms with Gasteiger partial charge >= 0.3 is 23.9 Å². The van der Waals surface area contributed by atoms with Gasteiger partial charge in [-0.1, -0.05) is 39.3 Å². The molecule has 208 valence electrons. The summed E-state index contributed by atoms with van der Waals surface area (Å²) in [6, 6.07) is 2.10. The van der Waals surface area contributed by atoms with Crippen LogP contribution in [0.15, 0.2) is 0 Å². The zero-order valence-electron chi connectivity index (χ0n) is 23.5. The van der Waals surface area contributed by atoms with Crippen molar-refractivity contribution in [2.24, 2.45) is 0 Å². The highest BCUT2D eigenvalue weighted by Gasteiger charge is 2.58. The number of carbonyl (C=O) groups excluding carboxylic acids is 4. The first-order valence-corrected chi connectivity index (χ1v) is 21.4.